The summed E-state index contributed by atoms with van der Waals surface area (Å²) in [5.74, 6) is 1.19. The summed E-state index contributed by atoms with van der Waals surface area (Å²) in [6.45, 7) is 2.27. The van der Waals surface area contributed by atoms with E-state index in [1.54, 1.807) is 36.8 Å². The van der Waals surface area contributed by atoms with Crippen LogP contribution in [0.1, 0.15) is 44.3 Å². The van der Waals surface area contributed by atoms with Crippen molar-refractivity contribution < 1.29 is 13.5 Å². The van der Waals surface area contributed by atoms with Gasteiger partial charge in [0.25, 0.3) is 6.43 Å². The van der Waals surface area contributed by atoms with Crippen molar-refractivity contribution in [3.63, 3.8) is 0 Å². The standard InChI is InChI=1S/C16H16F2N8.C8H14O/c1-8-21-11-4-3-10(22-15(11)25(8)7-12(17)18)9-5-6-26-13(9)14(20-2)23-16(19)24-26;1-2-4-8(5-3-1)6-7-9-8/h3-6,12H,7H2,1-2H3,(H3,19,20,23,24);1-7H2. The lowest BCUT2D eigenvalue weighted by atomic mass is 9.79. The zero-order valence-electron chi connectivity index (χ0n) is 20.0. The molecule has 0 amide bonds. The third-order valence-electron chi connectivity index (χ3n) is 6.87. The molecule has 1 aliphatic carbocycles. The molecule has 4 aromatic rings. The van der Waals surface area contributed by atoms with Gasteiger partial charge in [-0.25, -0.2) is 23.3 Å². The number of imidazole rings is 1. The lowest BCUT2D eigenvalue weighted by Crippen LogP contribution is -2.44. The average molecular weight is 485 g/mol. The molecule has 11 heteroatoms. The molecule has 0 unspecified atom stereocenters. The van der Waals surface area contributed by atoms with Gasteiger partial charge in [-0.3, -0.25) is 0 Å². The van der Waals surface area contributed by atoms with E-state index in [0.29, 0.717) is 39.6 Å². The molecule has 3 N–H and O–H groups in total. The van der Waals surface area contributed by atoms with Crippen LogP contribution in [0.5, 0.6) is 0 Å². The van der Waals surface area contributed by atoms with Gasteiger partial charge in [-0.05, 0) is 44.4 Å². The molecule has 0 atom stereocenters. The highest BCUT2D eigenvalue weighted by Gasteiger charge is 2.38. The van der Waals surface area contributed by atoms with Gasteiger partial charge in [-0.1, -0.05) is 19.3 Å². The molecule has 4 aromatic heterocycles. The lowest BCUT2D eigenvalue weighted by Gasteiger charge is -2.44. The Balaban J connectivity index is 0.000000234. The number of aryl methyl sites for hydroxylation is 1. The molecule has 1 saturated carbocycles. The fourth-order valence-corrected chi connectivity index (χ4v) is 5.03. The molecule has 0 radical (unpaired) electrons. The monoisotopic (exact) mass is 484 g/mol. The number of ether oxygens (including phenoxy) is 1. The molecule has 35 heavy (non-hydrogen) atoms. The smallest absolute Gasteiger partial charge is 0.256 e. The van der Waals surface area contributed by atoms with Gasteiger partial charge in [-0.2, -0.15) is 4.98 Å². The van der Waals surface area contributed by atoms with E-state index in [-0.39, 0.29) is 5.95 Å². The Labute approximate surface area is 201 Å². The van der Waals surface area contributed by atoms with Crippen LogP contribution < -0.4 is 11.1 Å². The number of hydrogen-bond acceptors (Lipinski definition) is 7. The van der Waals surface area contributed by atoms with E-state index in [9.17, 15) is 8.78 Å². The van der Waals surface area contributed by atoms with Crippen LogP contribution in [0.15, 0.2) is 24.4 Å². The summed E-state index contributed by atoms with van der Waals surface area (Å²) in [4.78, 5) is 13.1. The molecular formula is C24H30F2N8O. The van der Waals surface area contributed by atoms with Crippen LogP contribution in [-0.2, 0) is 11.3 Å². The average Bonchev–Trinajstić information content (AvgIpc) is 3.38. The highest BCUT2D eigenvalue weighted by Crippen LogP contribution is 2.40. The van der Waals surface area contributed by atoms with E-state index in [4.69, 9.17) is 10.5 Å². The quantitative estimate of drug-likeness (QED) is 0.441. The minimum Gasteiger partial charge on any atom is -0.375 e. The van der Waals surface area contributed by atoms with Crippen LogP contribution in [0.2, 0.25) is 0 Å². The van der Waals surface area contributed by atoms with Crippen LogP contribution in [0, 0.1) is 6.92 Å². The minimum absolute atomic E-state index is 0.137. The molecule has 1 aliphatic heterocycles. The third-order valence-corrected chi connectivity index (χ3v) is 6.87. The summed E-state index contributed by atoms with van der Waals surface area (Å²) < 4.78 is 34.4. The fourth-order valence-electron chi connectivity index (χ4n) is 5.03. The van der Waals surface area contributed by atoms with Crippen molar-refractivity contribution >= 4 is 28.4 Å². The summed E-state index contributed by atoms with van der Waals surface area (Å²) in [6, 6.07) is 5.40. The van der Waals surface area contributed by atoms with Gasteiger partial charge < -0.3 is 20.4 Å². The summed E-state index contributed by atoms with van der Waals surface area (Å²) in [5, 5.41) is 7.14. The van der Waals surface area contributed by atoms with Crippen molar-refractivity contribution in [2.45, 2.75) is 64.0 Å². The Morgan fingerprint density at radius 3 is 2.51 bits per heavy atom. The van der Waals surface area contributed by atoms with Crippen molar-refractivity contribution in [3.05, 3.63) is 30.2 Å². The first kappa shape index (κ1) is 23.4. The minimum atomic E-state index is -2.49. The van der Waals surface area contributed by atoms with Gasteiger partial charge in [0.1, 0.15) is 16.9 Å². The Bertz CT molecular complexity index is 1340. The van der Waals surface area contributed by atoms with Crippen LogP contribution in [0.4, 0.5) is 20.5 Å². The number of rotatable bonds is 4. The fraction of sp³-hybridized carbons (Fsp3) is 0.500. The summed E-state index contributed by atoms with van der Waals surface area (Å²) in [5.41, 5.74) is 9.18. The molecule has 186 valence electrons. The van der Waals surface area contributed by atoms with Crippen LogP contribution >= 0.6 is 0 Å². The van der Waals surface area contributed by atoms with E-state index < -0.39 is 13.0 Å². The normalized spacial score (nSPS) is 16.9. The Morgan fingerprint density at radius 1 is 1.11 bits per heavy atom. The van der Waals surface area contributed by atoms with Gasteiger partial charge in [0, 0.05) is 18.8 Å². The molecule has 1 saturated heterocycles. The second-order valence-corrected chi connectivity index (χ2v) is 9.13. The molecule has 0 bridgehead atoms. The van der Waals surface area contributed by atoms with Gasteiger partial charge in [-0.15, -0.1) is 5.10 Å². The first-order valence-electron chi connectivity index (χ1n) is 12.0. The summed E-state index contributed by atoms with van der Waals surface area (Å²) in [6.07, 6.45) is 7.52. The van der Waals surface area contributed by atoms with E-state index in [2.05, 4.69) is 25.4 Å². The topological polar surface area (TPSA) is 108 Å². The summed E-state index contributed by atoms with van der Waals surface area (Å²) >= 11 is 0. The van der Waals surface area contributed by atoms with Crippen molar-refractivity contribution in [2.24, 2.45) is 0 Å². The molecule has 0 aromatic carbocycles. The van der Waals surface area contributed by atoms with Crippen molar-refractivity contribution in [2.75, 3.05) is 24.7 Å². The maximum absolute atomic E-state index is 12.9. The Kier molecular flexibility index (Phi) is 6.26. The number of alkyl halides is 2. The number of nitrogen functional groups attached to an aromatic ring is 1. The van der Waals surface area contributed by atoms with E-state index >= 15 is 0 Å². The summed E-state index contributed by atoms with van der Waals surface area (Å²) in [7, 11) is 1.73. The van der Waals surface area contributed by atoms with E-state index in [1.165, 1.54) is 43.1 Å². The molecule has 2 aliphatic rings. The second-order valence-electron chi connectivity index (χ2n) is 9.13. The molecule has 5 heterocycles. The van der Waals surface area contributed by atoms with Crippen molar-refractivity contribution in [1.29, 1.82) is 0 Å². The molecular weight excluding hydrogens is 454 g/mol. The largest absolute Gasteiger partial charge is 0.375 e. The van der Waals surface area contributed by atoms with Crippen LogP contribution in [0.3, 0.4) is 0 Å². The van der Waals surface area contributed by atoms with E-state index in [1.807, 2.05) is 6.07 Å². The van der Waals surface area contributed by atoms with Gasteiger partial charge in [0.2, 0.25) is 5.95 Å². The first-order valence-corrected chi connectivity index (χ1v) is 12.0. The number of anilines is 2. The van der Waals surface area contributed by atoms with Crippen molar-refractivity contribution in [1.82, 2.24) is 29.1 Å². The number of aromatic nitrogens is 6. The van der Waals surface area contributed by atoms with Gasteiger partial charge in [0.15, 0.2) is 11.5 Å². The van der Waals surface area contributed by atoms with Gasteiger partial charge >= 0.3 is 0 Å². The number of nitrogens with zero attached hydrogens (tertiary/aromatic N) is 6. The third kappa shape index (κ3) is 4.52. The Hall–Kier alpha value is -3.34. The van der Waals surface area contributed by atoms with Crippen molar-refractivity contribution in [3.8, 4) is 11.3 Å². The predicted molar refractivity (Wildman–Crippen MR) is 131 cm³/mol. The number of hydrogen-bond donors (Lipinski definition) is 2. The van der Waals surface area contributed by atoms with E-state index in [0.717, 1.165) is 12.2 Å². The zero-order chi connectivity index (χ0) is 24.6. The highest BCUT2D eigenvalue weighted by molar-refractivity contribution is 5.89. The zero-order valence-corrected chi connectivity index (χ0v) is 20.0. The van der Waals surface area contributed by atoms with Crippen LogP contribution in [0.25, 0.3) is 27.9 Å². The molecule has 2 fully saturated rings. The second kappa shape index (κ2) is 9.37. The van der Waals surface area contributed by atoms with Gasteiger partial charge in [0.05, 0.1) is 24.4 Å². The molecule has 9 nitrogen and oxygen atoms in total. The first-order chi connectivity index (χ1) is 16.9. The highest BCUT2D eigenvalue weighted by atomic mass is 19.3. The number of pyridine rings is 1. The van der Waals surface area contributed by atoms with Crippen LogP contribution in [-0.4, -0.2) is 54.8 Å². The number of fused-ring (bicyclic) bond motifs is 2. The lowest BCUT2D eigenvalue weighted by molar-refractivity contribution is -0.164. The predicted octanol–water partition coefficient (Wildman–Crippen LogP) is 4.45. The maximum atomic E-state index is 12.9. The molecule has 6 rings (SSSR count). The number of nitrogens with two attached hydrogens (primary N) is 1. The molecule has 1 spiro atoms. The SMILES string of the molecule is C1CCC2(CC1)CCO2.CNc1nc(N)nn2ccc(-c3ccc4nc(C)n(CC(F)F)c4n3)c12. The number of nitrogens with one attached hydrogen (secondary N) is 1. The Morgan fingerprint density at radius 2 is 1.89 bits per heavy atom. The number of halogens is 2. The maximum Gasteiger partial charge on any atom is 0.256 e.